The van der Waals surface area contributed by atoms with Crippen molar-refractivity contribution in [3.05, 3.63) is 35.1 Å². The molecule has 1 aliphatic carbocycles. The summed E-state index contributed by atoms with van der Waals surface area (Å²) in [5, 5.41) is 21.9. The van der Waals surface area contributed by atoms with Crippen LogP contribution in [0.4, 0.5) is 4.39 Å². The van der Waals surface area contributed by atoms with Gasteiger partial charge < -0.3 is 10.4 Å². The van der Waals surface area contributed by atoms with E-state index in [1.807, 2.05) is 6.07 Å². The van der Waals surface area contributed by atoms with Crippen molar-refractivity contribution in [1.29, 1.82) is 5.26 Å². The van der Waals surface area contributed by atoms with Gasteiger partial charge in [0, 0.05) is 17.6 Å². The van der Waals surface area contributed by atoms with E-state index >= 15 is 0 Å². The fraction of sp³-hybridized carbons (Fsp3) is 0.562. The van der Waals surface area contributed by atoms with Crippen molar-refractivity contribution in [3.63, 3.8) is 0 Å². The van der Waals surface area contributed by atoms with Crippen molar-refractivity contribution in [3.8, 4) is 6.07 Å². The molecule has 1 aliphatic rings. The van der Waals surface area contributed by atoms with Gasteiger partial charge in [-0.05, 0) is 24.8 Å². The molecule has 2 N–H and O–H groups in total. The number of hydrogen-bond acceptors (Lipinski definition) is 3. The molecule has 1 aromatic rings. The minimum Gasteiger partial charge on any atom is -0.394 e. The summed E-state index contributed by atoms with van der Waals surface area (Å²) < 4.78 is 14.0. The predicted octanol–water partition coefficient (Wildman–Crippen LogP) is 2.73. The molecule has 0 aromatic heterocycles. The maximum Gasteiger partial charge on any atom is 0.145 e. The molecule has 2 rings (SSSR count). The van der Waals surface area contributed by atoms with Gasteiger partial charge in [0.15, 0.2) is 0 Å². The standard InChI is InChI=1S/C16H21FN2O/c1-12-4-3-7-16(8-12,11-20)19-10-14-6-2-5-13(9-18)15(14)17/h2,5-6,12,19-20H,3-4,7-8,10-11H2,1H3. The van der Waals surface area contributed by atoms with Gasteiger partial charge in [0.2, 0.25) is 0 Å². The molecular formula is C16H21FN2O. The third kappa shape index (κ3) is 3.17. The van der Waals surface area contributed by atoms with Gasteiger partial charge in [0.25, 0.3) is 0 Å². The van der Waals surface area contributed by atoms with Crippen LogP contribution in [0.15, 0.2) is 18.2 Å². The van der Waals surface area contributed by atoms with Crippen LogP contribution in [0.1, 0.15) is 43.7 Å². The maximum absolute atomic E-state index is 14.0. The molecule has 0 spiro atoms. The Morgan fingerprint density at radius 1 is 1.55 bits per heavy atom. The lowest BCUT2D eigenvalue weighted by molar-refractivity contribution is 0.0979. The van der Waals surface area contributed by atoms with Gasteiger partial charge in [0.05, 0.1) is 12.2 Å². The molecule has 4 heteroatoms. The molecule has 20 heavy (non-hydrogen) atoms. The van der Waals surface area contributed by atoms with Crippen molar-refractivity contribution in [2.24, 2.45) is 5.92 Å². The van der Waals surface area contributed by atoms with Gasteiger partial charge in [-0.15, -0.1) is 0 Å². The lowest BCUT2D eigenvalue weighted by Crippen LogP contribution is -2.51. The molecule has 0 heterocycles. The topological polar surface area (TPSA) is 56.0 Å². The number of nitrogens with zero attached hydrogens (tertiary/aromatic N) is 1. The second-order valence-electron chi connectivity index (χ2n) is 5.88. The molecule has 0 saturated heterocycles. The Hall–Kier alpha value is -1.44. The van der Waals surface area contributed by atoms with Gasteiger partial charge in [-0.1, -0.05) is 31.9 Å². The third-order valence-electron chi connectivity index (χ3n) is 4.25. The van der Waals surface area contributed by atoms with E-state index in [2.05, 4.69) is 12.2 Å². The van der Waals surface area contributed by atoms with Crippen LogP contribution in [0.3, 0.4) is 0 Å². The number of nitrogens with one attached hydrogen (secondary N) is 1. The highest BCUT2D eigenvalue weighted by Gasteiger charge is 2.33. The minimum absolute atomic E-state index is 0.0664. The monoisotopic (exact) mass is 276 g/mol. The van der Waals surface area contributed by atoms with Crippen LogP contribution in [0.5, 0.6) is 0 Å². The Bertz CT molecular complexity index is 512. The number of aliphatic hydroxyl groups is 1. The van der Waals surface area contributed by atoms with Crippen LogP contribution in [-0.2, 0) is 6.54 Å². The molecule has 0 bridgehead atoms. The predicted molar refractivity (Wildman–Crippen MR) is 75.4 cm³/mol. The highest BCUT2D eigenvalue weighted by molar-refractivity contribution is 5.35. The number of aliphatic hydroxyl groups excluding tert-OH is 1. The van der Waals surface area contributed by atoms with Crippen LogP contribution in [0, 0.1) is 23.1 Å². The van der Waals surface area contributed by atoms with Crippen molar-refractivity contribution >= 4 is 0 Å². The zero-order valence-corrected chi connectivity index (χ0v) is 11.8. The van der Waals surface area contributed by atoms with E-state index in [1.54, 1.807) is 12.1 Å². The highest BCUT2D eigenvalue weighted by Crippen LogP contribution is 2.32. The first-order valence-electron chi connectivity index (χ1n) is 7.13. The third-order valence-corrected chi connectivity index (χ3v) is 4.25. The zero-order chi connectivity index (χ0) is 14.6. The Morgan fingerprint density at radius 2 is 2.35 bits per heavy atom. The normalized spacial score (nSPS) is 26.2. The maximum atomic E-state index is 14.0. The molecule has 1 aromatic carbocycles. The fourth-order valence-electron chi connectivity index (χ4n) is 3.11. The summed E-state index contributed by atoms with van der Waals surface area (Å²) in [4.78, 5) is 0. The number of nitriles is 1. The highest BCUT2D eigenvalue weighted by atomic mass is 19.1. The smallest absolute Gasteiger partial charge is 0.145 e. The van der Waals surface area contributed by atoms with E-state index in [9.17, 15) is 9.50 Å². The molecule has 0 aliphatic heterocycles. The number of halogens is 1. The summed E-state index contributed by atoms with van der Waals surface area (Å²) in [5.41, 5.74) is 0.238. The summed E-state index contributed by atoms with van der Waals surface area (Å²) in [5.74, 6) is 0.109. The fourth-order valence-corrected chi connectivity index (χ4v) is 3.11. The number of hydrogen-bond donors (Lipinski definition) is 2. The van der Waals surface area contributed by atoms with E-state index in [0.29, 0.717) is 18.0 Å². The van der Waals surface area contributed by atoms with Gasteiger partial charge in [-0.2, -0.15) is 5.26 Å². The molecule has 0 amide bonds. The average Bonchev–Trinajstić information content (AvgIpc) is 2.46. The van der Waals surface area contributed by atoms with Crippen LogP contribution in [0.2, 0.25) is 0 Å². The zero-order valence-electron chi connectivity index (χ0n) is 11.8. The van der Waals surface area contributed by atoms with Crippen molar-refractivity contribution < 1.29 is 9.50 Å². The van der Waals surface area contributed by atoms with Gasteiger partial charge in [-0.25, -0.2) is 4.39 Å². The molecule has 108 valence electrons. The van der Waals surface area contributed by atoms with E-state index in [0.717, 1.165) is 19.3 Å². The number of benzene rings is 1. The largest absolute Gasteiger partial charge is 0.394 e. The SMILES string of the molecule is CC1CCCC(CO)(NCc2cccc(C#N)c2F)C1. The van der Waals surface area contributed by atoms with E-state index in [-0.39, 0.29) is 17.7 Å². The first-order chi connectivity index (χ1) is 9.60. The van der Waals surface area contributed by atoms with E-state index < -0.39 is 5.82 Å². The van der Waals surface area contributed by atoms with Crippen LogP contribution >= 0.6 is 0 Å². The number of rotatable bonds is 4. The quantitative estimate of drug-likeness (QED) is 0.889. The molecule has 1 saturated carbocycles. The van der Waals surface area contributed by atoms with Crippen LogP contribution in [0.25, 0.3) is 0 Å². The molecule has 2 atom stereocenters. The Balaban J connectivity index is 2.09. The Kier molecular flexibility index (Phi) is 4.74. The van der Waals surface area contributed by atoms with Crippen LogP contribution in [-0.4, -0.2) is 17.3 Å². The molecule has 0 radical (unpaired) electrons. The Labute approximate surface area is 119 Å². The van der Waals surface area contributed by atoms with Gasteiger partial charge >= 0.3 is 0 Å². The average molecular weight is 276 g/mol. The molecule has 2 unspecified atom stereocenters. The summed E-state index contributed by atoms with van der Waals surface area (Å²) in [6.07, 6.45) is 4.08. The van der Waals surface area contributed by atoms with Gasteiger partial charge in [0.1, 0.15) is 11.9 Å². The van der Waals surface area contributed by atoms with Crippen molar-refractivity contribution in [2.75, 3.05) is 6.61 Å². The summed E-state index contributed by atoms with van der Waals surface area (Å²) in [6.45, 7) is 2.59. The van der Waals surface area contributed by atoms with Crippen LogP contribution < -0.4 is 5.32 Å². The molecule has 3 nitrogen and oxygen atoms in total. The van der Waals surface area contributed by atoms with Crippen molar-refractivity contribution in [1.82, 2.24) is 5.32 Å². The molecular weight excluding hydrogens is 255 g/mol. The lowest BCUT2D eigenvalue weighted by Gasteiger charge is -2.39. The minimum atomic E-state index is -0.459. The summed E-state index contributed by atoms with van der Waals surface area (Å²) in [6, 6.07) is 6.70. The van der Waals surface area contributed by atoms with E-state index in [4.69, 9.17) is 5.26 Å². The summed E-state index contributed by atoms with van der Waals surface area (Å²) in [7, 11) is 0. The van der Waals surface area contributed by atoms with Gasteiger partial charge in [-0.3, -0.25) is 0 Å². The second-order valence-corrected chi connectivity index (χ2v) is 5.88. The summed E-state index contributed by atoms with van der Waals surface area (Å²) >= 11 is 0. The second kappa shape index (κ2) is 6.34. The lowest BCUT2D eigenvalue weighted by atomic mass is 9.76. The first kappa shape index (κ1) is 15.0. The van der Waals surface area contributed by atoms with E-state index in [1.165, 1.54) is 12.5 Å². The molecule has 1 fully saturated rings. The van der Waals surface area contributed by atoms with Crippen molar-refractivity contribution in [2.45, 2.75) is 44.7 Å². The Morgan fingerprint density at radius 3 is 3.00 bits per heavy atom. The first-order valence-corrected chi connectivity index (χ1v) is 7.13.